The molecule has 28 heavy (non-hydrogen) atoms. The third-order valence-electron chi connectivity index (χ3n) is 5.16. The number of fused-ring (bicyclic) bond motifs is 1. The molecule has 0 amide bonds. The molecule has 3 aromatic heterocycles. The zero-order valence-electron chi connectivity index (χ0n) is 15.5. The Kier molecular flexibility index (Phi) is 4.56. The second kappa shape index (κ2) is 6.92. The smallest absolute Gasteiger partial charge is 0.366 e. The third-order valence-corrected chi connectivity index (χ3v) is 5.16. The summed E-state index contributed by atoms with van der Waals surface area (Å²) < 4.78 is 40.3. The molecule has 0 radical (unpaired) electrons. The number of rotatable bonds is 3. The molecule has 1 N–H and O–H groups in total. The lowest BCUT2D eigenvalue weighted by molar-refractivity contribution is -0.146. The topological polar surface area (TPSA) is 71.2 Å². The van der Waals surface area contributed by atoms with E-state index in [2.05, 4.69) is 30.5 Å². The summed E-state index contributed by atoms with van der Waals surface area (Å²) in [5.74, 6) is 0.261. The molecule has 1 aliphatic heterocycles. The van der Waals surface area contributed by atoms with Crippen LogP contribution in [0.4, 0.5) is 24.8 Å². The number of halogens is 3. The van der Waals surface area contributed by atoms with Gasteiger partial charge in [-0.3, -0.25) is 0 Å². The quantitative estimate of drug-likeness (QED) is 0.739. The van der Waals surface area contributed by atoms with Crippen LogP contribution in [-0.4, -0.2) is 43.9 Å². The molecule has 0 unspecified atom stereocenters. The van der Waals surface area contributed by atoms with E-state index in [1.807, 2.05) is 25.1 Å². The molecule has 0 bridgehead atoms. The predicted octanol–water partition coefficient (Wildman–Crippen LogP) is 3.24. The molecule has 0 aliphatic carbocycles. The minimum absolute atomic E-state index is 0.119. The zero-order valence-corrected chi connectivity index (χ0v) is 15.5. The Labute approximate surface area is 159 Å². The van der Waals surface area contributed by atoms with Gasteiger partial charge < -0.3 is 10.2 Å². The number of hydrogen-bond acceptors (Lipinski definition) is 6. The third kappa shape index (κ3) is 3.34. The van der Waals surface area contributed by atoms with Crippen molar-refractivity contribution in [1.82, 2.24) is 24.8 Å². The molecule has 0 saturated carbocycles. The molecular weight excluding hydrogens is 371 g/mol. The van der Waals surface area contributed by atoms with Crippen LogP contribution in [-0.2, 0) is 6.18 Å². The van der Waals surface area contributed by atoms with Crippen LogP contribution in [0.25, 0.3) is 5.65 Å². The molecule has 7 nitrogen and oxygen atoms in total. The van der Waals surface area contributed by atoms with Gasteiger partial charge in [0.2, 0.25) is 0 Å². The first-order valence-electron chi connectivity index (χ1n) is 9.07. The van der Waals surface area contributed by atoms with Gasteiger partial charge in [-0.25, -0.2) is 4.98 Å². The highest BCUT2D eigenvalue weighted by molar-refractivity contribution is 5.58. The minimum Gasteiger partial charge on any atom is -0.366 e. The van der Waals surface area contributed by atoms with Crippen molar-refractivity contribution in [2.75, 3.05) is 23.3 Å². The molecule has 1 saturated heterocycles. The van der Waals surface area contributed by atoms with Gasteiger partial charge in [0.15, 0.2) is 11.5 Å². The molecule has 4 rings (SSSR count). The molecule has 1 fully saturated rings. The molecule has 4 heterocycles. The Balaban J connectivity index is 1.54. The highest BCUT2D eigenvalue weighted by Crippen LogP contribution is 2.30. The van der Waals surface area contributed by atoms with Gasteiger partial charge in [0, 0.05) is 30.9 Å². The highest BCUT2D eigenvalue weighted by Gasteiger charge is 2.38. The van der Waals surface area contributed by atoms with Crippen molar-refractivity contribution < 1.29 is 13.2 Å². The molecule has 0 atom stereocenters. The van der Waals surface area contributed by atoms with Gasteiger partial charge in [-0.15, -0.1) is 15.3 Å². The average Bonchev–Trinajstić information content (AvgIpc) is 3.11. The van der Waals surface area contributed by atoms with Crippen molar-refractivity contribution >= 4 is 17.3 Å². The van der Waals surface area contributed by atoms with Crippen LogP contribution < -0.4 is 10.2 Å². The van der Waals surface area contributed by atoms with Gasteiger partial charge in [-0.2, -0.15) is 17.7 Å². The number of pyridine rings is 1. The summed E-state index contributed by atoms with van der Waals surface area (Å²) in [4.78, 5) is 6.57. The van der Waals surface area contributed by atoms with Crippen LogP contribution in [0.3, 0.4) is 0 Å². The van der Waals surface area contributed by atoms with Crippen LogP contribution in [0.2, 0.25) is 0 Å². The molecule has 3 aromatic rings. The van der Waals surface area contributed by atoms with E-state index in [1.165, 1.54) is 0 Å². The van der Waals surface area contributed by atoms with E-state index in [4.69, 9.17) is 0 Å². The molecule has 0 spiro atoms. The fraction of sp³-hybridized carbons (Fsp3) is 0.444. The lowest BCUT2D eigenvalue weighted by Crippen LogP contribution is -2.39. The summed E-state index contributed by atoms with van der Waals surface area (Å²) in [6, 6.07) is 5.93. The Bertz CT molecular complexity index is 976. The monoisotopic (exact) mass is 391 g/mol. The van der Waals surface area contributed by atoms with Gasteiger partial charge in [0.1, 0.15) is 5.82 Å². The molecule has 148 valence electrons. The van der Waals surface area contributed by atoms with Crippen LogP contribution in [0.1, 0.15) is 29.8 Å². The van der Waals surface area contributed by atoms with Gasteiger partial charge >= 0.3 is 6.18 Å². The second-order valence-corrected chi connectivity index (χ2v) is 6.95. The Morgan fingerprint density at radius 3 is 2.46 bits per heavy atom. The summed E-state index contributed by atoms with van der Waals surface area (Å²) in [6.45, 7) is 5.19. The van der Waals surface area contributed by atoms with Crippen LogP contribution in [0.5, 0.6) is 0 Å². The predicted molar refractivity (Wildman–Crippen MR) is 98.4 cm³/mol. The van der Waals surface area contributed by atoms with Crippen LogP contribution in [0, 0.1) is 13.8 Å². The van der Waals surface area contributed by atoms with Crippen molar-refractivity contribution in [2.45, 2.75) is 38.9 Å². The van der Waals surface area contributed by atoms with E-state index in [0.29, 0.717) is 11.4 Å². The van der Waals surface area contributed by atoms with E-state index in [9.17, 15) is 13.2 Å². The van der Waals surface area contributed by atoms with Crippen LogP contribution in [0.15, 0.2) is 24.4 Å². The summed E-state index contributed by atoms with van der Waals surface area (Å²) >= 11 is 0. The maximum Gasteiger partial charge on any atom is 0.453 e. The maximum atomic E-state index is 13.2. The van der Waals surface area contributed by atoms with Gasteiger partial charge in [-0.1, -0.05) is 6.07 Å². The number of aryl methyl sites for hydroxylation is 1. The van der Waals surface area contributed by atoms with E-state index >= 15 is 0 Å². The number of hydrogen-bond donors (Lipinski definition) is 1. The first-order valence-corrected chi connectivity index (χ1v) is 9.07. The van der Waals surface area contributed by atoms with Gasteiger partial charge in [0.05, 0.1) is 0 Å². The number of nitrogens with one attached hydrogen (secondary N) is 1. The standard InChI is InChI=1S/C18H20F3N7/c1-11-12(2)16-24-25-17(18(19,20)21)28(16)26-15(11)23-13-6-9-27(10-7-13)14-5-3-4-8-22-14/h3-5,8,13H,6-7,9-10H2,1-2H3,(H,23,26). The highest BCUT2D eigenvalue weighted by atomic mass is 19.4. The average molecular weight is 391 g/mol. The molecule has 0 aromatic carbocycles. The lowest BCUT2D eigenvalue weighted by atomic mass is 10.0. The summed E-state index contributed by atoms with van der Waals surface area (Å²) in [6.07, 6.45) is -1.17. The fourth-order valence-corrected chi connectivity index (χ4v) is 3.43. The summed E-state index contributed by atoms with van der Waals surface area (Å²) in [5.41, 5.74) is 1.53. The van der Waals surface area contributed by atoms with Crippen molar-refractivity contribution in [3.63, 3.8) is 0 Å². The van der Waals surface area contributed by atoms with Gasteiger partial charge in [0.25, 0.3) is 5.82 Å². The summed E-state index contributed by atoms with van der Waals surface area (Å²) in [7, 11) is 0. The first kappa shape index (κ1) is 18.5. The van der Waals surface area contributed by atoms with E-state index in [0.717, 1.165) is 41.8 Å². The normalized spacial score (nSPS) is 16.0. The molecule has 1 aliphatic rings. The number of anilines is 2. The van der Waals surface area contributed by atoms with E-state index in [1.54, 1.807) is 13.1 Å². The van der Waals surface area contributed by atoms with Gasteiger partial charge in [-0.05, 0) is 44.4 Å². The minimum atomic E-state index is -4.61. The number of nitrogens with zero attached hydrogens (tertiary/aromatic N) is 6. The largest absolute Gasteiger partial charge is 0.453 e. The first-order chi connectivity index (χ1) is 13.3. The lowest BCUT2D eigenvalue weighted by Gasteiger charge is -2.33. The SMILES string of the molecule is Cc1c(NC2CCN(c3ccccn3)CC2)nn2c(C(F)(F)F)nnc2c1C. The maximum absolute atomic E-state index is 13.2. The van der Waals surface area contributed by atoms with Crippen molar-refractivity contribution in [3.05, 3.63) is 41.3 Å². The zero-order chi connectivity index (χ0) is 19.9. The number of alkyl halides is 3. The second-order valence-electron chi connectivity index (χ2n) is 6.95. The van der Waals surface area contributed by atoms with Crippen molar-refractivity contribution in [1.29, 1.82) is 0 Å². The number of piperidine rings is 1. The molecule has 10 heteroatoms. The van der Waals surface area contributed by atoms with Crippen LogP contribution >= 0.6 is 0 Å². The van der Waals surface area contributed by atoms with E-state index < -0.39 is 12.0 Å². The Morgan fingerprint density at radius 2 is 1.82 bits per heavy atom. The van der Waals surface area contributed by atoms with Crippen molar-refractivity contribution in [3.8, 4) is 0 Å². The fourth-order valence-electron chi connectivity index (χ4n) is 3.43. The Hall–Kier alpha value is -2.91. The summed E-state index contributed by atoms with van der Waals surface area (Å²) in [5, 5.41) is 14.4. The Morgan fingerprint density at radius 1 is 1.07 bits per heavy atom. The molecular formula is C18H20F3N7. The number of aromatic nitrogens is 5. The van der Waals surface area contributed by atoms with E-state index in [-0.39, 0.29) is 11.7 Å². The van der Waals surface area contributed by atoms with Crippen molar-refractivity contribution in [2.24, 2.45) is 0 Å².